The highest BCUT2D eigenvalue weighted by Gasteiger charge is 2.12. The van der Waals surface area contributed by atoms with Crippen LogP contribution in [0.1, 0.15) is 5.56 Å². The highest BCUT2D eigenvalue weighted by Crippen LogP contribution is 2.24. The molecule has 0 radical (unpaired) electrons. The van der Waals surface area contributed by atoms with Gasteiger partial charge in [0.2, 0.25) is 5.95 Å². The van der Waals surface area contributed by atoms with Gasteiger partial charge in [0.05, 0.1) is 11.0 Å². The monoisotopic (exact) mass is 308 g/mol. The number of piperazine rings is 1. The van der Waals surface area contributed by atoms with Gasteiger partial charge in [-0.05, 0) is 36.8 Å². The third-order valence-corrected chi connectivity index (χ3v) is 4.19. The number of fused-ring (bicyclic) bond motifs is 1. The number of imidazole rings is 1. The minimum absolute atomic E-state index is 0.722. The van der Waals surface area contributed by atoms with Gasteiger partial charge in [0.25, 0.3) is 0 Å². The van der Waals surface area contributed by atoms with E-state index >= 15 is 0 Å². The molecule has 3 heterocycles. The summed E-state index contributed by atoms with van der Waals surface area (Å²) in [6.07, 6.45) is 1.78. The summed E-state index contributed by atoms with van der Waals surface area (Å²) in [7, 11) is 0. The Balaban J connectivity index is 1.61. The average Bonchev–Trinajstić information content (AvgIpc) is 2.99. The normalized spacial score (nSPS) is 15.1. The second-order valence-corrected chi connectivity index (χ2v) is 5.82. The Morgan fingerprint density at radius 1 is 1.17 bits per heavy atom. The van der Waals surface area contributed by atoms with Gasteiger partial charge < -0.3 is 20.5 Å². The van der Waals surface area contributed by atoms with Crippen LogP contribution in [0.2, 0.25) is 0 Å². The maximum Gasteiger partial charge on any atom is 0.206 e. The van der Waals surface area contributed by atoms with Gasteiger partial charge in [0.1, 0.15) is 5.82 Å². The van der Waals surface area contributed by atoms with Crippen molar-refractivity contribution in [3.8, 4) is 0 Å². The summed E-state index contributed by atoms with van der Waals surface area (Å²) in [5.74, 6) is 1.55. The van der Waals surface area contributed by atoms with Gasteiger partial charge in [0, 0.05) is 38.1 Å². The molecule has 1 aliphatic rings. The zero-order chi connectivity index (χ0) is 15.6. The van der Waals surface area contributed by atoms with Crippen molar-refractivity contribution in [3.63, 3.8) is 0 Å². The molecule has 1 fully saturated rings. The number of rotatable bonds is 3. The first-order chi connectivity index (χ1) is 11.3. The first-order valence-corrected chi connectivity index (χ1v) is 7.94. The van der Waals surface area contributed by atoms with Crippen LogP contribution in [0, 0.1) is 6.92 Å². The van der Waals surface area contributed by atoms with Crippen LogP contribution in [0.15, 0.2) is 36.5 Å². The zero-order valence-electron chi connectivity index (χ0n) is 13.1. The maximum absolute atomic E-state index is 4.60. The summed E-state index contributed by atoms with van der Waals surface area (Å²) in [6, 6.07) is 10.3. The molecule has 0 unspecified atom stereocenters. The van der Waals surface area contributed by atoms with Crippen molar-refractivity contribution in [2.75, 3.05) is 36.4 Å². The summed E-state index contributed by atoms with van der Waals surface area (Å²) in [6.45, 7) is 6.18. The number of anilines is 3. The molecule has 0 aliphatic carbocycles. The molecule has 23 heavy (non-hydrogen) atoms. The number of aromatic nitrogens is 3. The number of nitrogens with one attached hydrogen (secondary N) is 3. The highest BCUT2D eigenvalue weighted by atomic mass is 15.2. The van der Waals surface area contributed by atoms with Crippen LogP contribution < -0.4 is 15.5 Å². The number of pyridine rings is 1. The molecule has 3 aromatic rings. The van der Waals surface area contributed by atoms with Crippen LogP contribution in [0.4, 0.5) is 17.5 Å². The van der Waals surface area contributed by atoms with Gasteiger partial charge in [-0.15, -0.1) is 0 Å². The van der Waals surface area contributed by atoms with Crippen molar-refractivity contribution in [2.24, 2.45) is 0 Å². The van der Waals surface area contributed by atoms with E-state index in [0.29, 0.717) is 0 Å². The SMILES string of the molecule is Cc1cccnc1Nc1nc2ccc(N3CCNCC3)cc2[nH]1. The Bertz CT molecular complexity index is 819. The van der Waals surface area contributed by atoms with E-state index in [1.165, 1.54) is 5.69 Å². The average molecular weight is 308 g/mol. The molecule has 0 saturated carbocycles. The summed E-state index contributed by atoms with van der Waals surface area (Å²) >= 11 is 0. The number of hydrogen-bond acceptors (Lipinski definition) is 5. The van der Waals surface area contributed by atoms with Crippen molar-refractivity contribution < 1.29 is 0 Å². The lowest BCUT2D eigenvalue weighted by atomic mass is 10.2. The van der Waals surface area contributed by atoms with E-state index < -0.39 is 0 Å². The minimum Gasteiger partial charge on any atom is -0.369 e. The summed E-state index contributed by atoms with van der Waals surface area (Å²) in [4.78, 5) is 14.7. The van der Waals surface area contributed by atoms with Gasteiger partial charge in [0.15, 0.2) is 0 Å². The predicted octanol–water partition coefficient (Wildman–Crippen LogP) is 2.42. The van der Waals surface area contributed by atoms with E-state index in [2.05, 4.69) is 48.7 Å². The third kappa shape index (κ3) is 2.85. The molecule has 6 heteroatoms. The summed E-state index contributed by atoms with van der Waals surface area (Å²) in [5, 5.41) is 6.64. The van der Waals surface area contributed by atoms with Gasteiger partial charge in [-0.3, -0.25) is 0 Å². The van der Waals surface area contributed by atoms with Gasteiger partial charge >= 0.3 is 0 Å². The molecular formula is C17H20N6. The Labute approximate surface area is 134 Å². The van der Waals surface area contributed by atoms with E-state index in [-0.39, 0.29) is 0 Å². The van der Waals surface area contributed by atoms with Gasteiger partial charge in [-0.1, -0.05) is 6.07 Å². The van der Waals surface area contributed by atoms with E-state index in [9.17, 15) is 0 Å². The first-order valence-electron chi connectivity index (χ1n) is 7.94. The molecule has 4 rings (SSSR count). The lowest BCUT2D eigenvalue weighted by molar-refractivity contribution is 0.589. The quantitative estimate of drug-likeness (QED) is 0.693. The minimum atomic E-state index is 0.722. The van der Waals surface area contributed by atoms with Crippen LogP contribution >= 0.6 is 0 Å². The number of aryl methyl sites for hydroxylation is 1. The van der Waals surface area contributed by atoms with Gasteiger partial charge in [-0.25, -0.2) is 9.97 Å². The molecule has 0 amide bonds. The largest absolute Gasteiger partial charge is 0.369 e. The van der Waals surface area contributed by atoms with Crippen molar-refractivity contribution in [1.82, 2.24) is 20.3 Å². The Morgan fingerprint density at radius 3 is 2.87 bits per heavy atom. The first kappa shape index (κ1) is 14.0. The molecular weight excluding hydrogens is 288 g/mol. The zero-order valence-corrected chi connectivity index (χ0v) is 13.1. The fraction of sp³-hybridized carbons (Fsp3) is 0.294. The van der Waals surface area contributed by atoms with Crippen molar-refractivity contribution >= 4 is 28.5 Å². The Morgan fingerprint density at radius 2 is 2.04 bits per heavy atom. The topological polar surface area (TPSA) is 68.9 Å². The standard InChI is InChI=1S/C17H20N6/c1-12-3-2-6-19-16(12)22-17-20-14-5-4-13(11-15(14)21-17)23-9-7-18-8-10-23/h2-6,11,18H,7-10H2,1H3,(H2,19,20,21,22). The molecule has 1 aliphatic heterocycles. The highest BCUT2D eigenvalue weighted by molar-refractivity contribution is 5.82. The fourth-order valence-corrected chi connectivity index (χ4v) is 2.91. The molecule has 2 aromatic heterocycles. The Kier molecular flexibility index (Phi) is 3.59. The van der Waals surface area contributed by atoms with Crippen molar-refractivity contribution in [2.45, 2.75) is 6.92 Å². The van der Waals surface area contributed by atoms with Crippen LogP contribution in [-0.4, -0.2) is 41.1 Å². The lowest BCUT2D eigenvalue weighted by Gasteiger charge is -2.29. The molecule has 118 valence electrons. The van der Waals surface area contributed by atoms with Crippen LogP contribution in [0.25, 0.3) is 11.0 Å². The third-order valence-electron chi connectivity index (χ3n) is 4.19. The number of hydrogen-bond donors (Lipinski definition) is 3. The van der Waals surface area contributed by atoms with Crippen molar-refractivity contribution in [1.29, 1.82) is 0 Å². The van der Waals surface area contributed by atoms with E-state index in [0.717, 1.165) is 54.5 Å². The van der Waals surface area contributed by atoms with Crippen LogP contribution in [0.3, 0.4) is 0 Å². The van der Waals surface area contributed by atoms with E-state index in [1.807, 2.05) is 19.1 Å². The number of H-pyrrole nitrogens is 1. The summed E-state index contributed by atoms with van der Waals surface area (Å²) < 4.78 is 0. The molecule has 0 atom stereocenters. The van der Waals surface area contributed by atoms with E-state index in [4.69, 9.17) is 0 Å². The molecule has 6 nitrogen and oxygen atoms in total. The van der Waals surface area contributed by atoms with Crippen molar-refractivity contribution in [3.05, 3.63) is 42.1 Å². The molecule has 1 aromatic carbocycles. The Hall–Kier alpha value is -2.60. The molecule has 0 spiro atoms. The van der Waals surface area contributed by atoms with Crippen LogP contribution in [0.5, 0.6) is 0 Å². The molecule has 1 saturated heterocycles. The van der Waals surface area contributed by atoms with E-state index in [1.54, 1.807) is 6.20 Å². The smallest absolute Gasteiger partial charge is 0.206 e. The second kappa shape index (κ2) is 5.89. The summed E-state index contributed by atoms with van der Waals surface area (Å²) in [5.41, 5.74) is 4.33. The van der Waals surface area contributed by atoms with Gasteiger partial charge in [-0.2, -0.15) is 0 Å². The lowest BCUT2D eigenvalue weighted by Crippen LogP contribution is -2.43. The number of benzene rings is 1. The fourth-order valence-electron chi connectivity index (χ4n) is 2.91. The second-order valence-electron chi connectivity index (χ2n) is 5.82. The predicted molar refractivity (Wildman–Crippen MR) is 93.4 cm³/mol. The maximum atomic E-state index is 4.60. The number of aromatic amines is 1. The molecule has 3 N–H and O–H groups in total. The number of nitrogens with zero attached hydrogens (tertiary/aromatic N) is 3. The van der Waals surface area contributed by atoms with Crippen LogP contribution in [-0.2, 0) is 0 Å². The molecule has 0 bridgehead atoms.